The van der Waals surface area contributed by atoms with E-state index in [0.717, 1.165) is 0 Å². The summed E-state index contributed by atoms with van der Waals surface area (Å²) in [5.74, 6) is 0. The number of hydrogen-bond acceptors (Lipinski definition) is 5. The molecule has 0 spiro atoms. The Morgan fingerprint density at radius 2 is 1.64 bits per heavy atom. The molecule has 0 fully saturated rings. The predicted molar refractivity (Wildman–Crippen MR) is 59.7 cm³/mol. The van der Waals surface area contributed by atoms with Crippen molar-refractivity contribution in [2.24, 2.45) is 0 Å². The zero-order valence-electron chi connectivity index (χ0n) is 6.03. The standard InChI is InChI=1S/C5H6N2S4/c1-10-4(8)7(3-6)5(9)11-2/h1-2H3. The summed E-state index contributed by atoms with van der Waals surface area (Å²) in [6.07, 6.45) is 5.54. The number of nitriles is 1. The Bertz CT molecular complexity index is 191. The van der Waals surface area contributed by atoms with Crippen LogP contribution in [0.3, 0.4) is 0 Å². The van der Waals surface area contributed by atoms with E-state index in [1.54, 1.807) is 0 Å². The number of rotatable bonds is 0. The van der Waals surface area contributed by atoms with Gasteiger partial charge in [0.1, 0.15) is 0 Å². The number of nitrogens with zero attached hydrogens (tertiary/aromatic N) is 2. The molecule has 0 unspecified atom stereocenters. The van der Waals surface area contributed by atoms with Gasteiger partial charge in [-0.05, 0) is 12.5 Å². The molecule has 0 bridgehead atoms. The van der Waals surface area contributed by atoms with Crippen LogP contribution in [-0.4, -0.2) is 26.1 Å². The predicted octanol–water partition coefficient (Wildman–Crippen LogP) is 2.07. The minimum atomic E-state index is 0.492. The van der Waals surface area contributed by atoms with Crippen LogP contribution in [-0.2, 0) is 0 Å². The smallest absolute Gasteiger partial charge is 0.191 e. The fourth-order valence-electron chi connectivity index (χ4n) is 0.339. The molecule has 0 rings (SSSR count). The van der Waals surface area contributed by atoms with Crippen molar-refractivity contribution >= 4 is 56.6 Å². The molecule has 0 aromatic carbocycles. The highest BCUT2D eigenvalue weighted by atomic mass is 32.2. The third kappa shape index (κ3) is 3.38. The van der Waals surface area contributed by atoms with Gasteiger partial charge in [0.2, 0.25) is 0 Å². The maximum Gasteiger partial charge on any atom is 0.191 e. The quantitative estimate of drug-likeness (QED) is 0.354. The van der Waals surface area contributed by atoms with Gasteiger partial charge in [-0.3, -0.25) is 0 Å². The van der Waals surface area contributed by atoms with Crippen LogP contribution >= 0.6 is 48.0 Å². The fraction of sp³-hybridized carbons (Fsp3) is 0.400. The summed E-state index contributed by atoms with van der Waals surface area (Å²) >= 11 is 12.4. The third-order valence-corrected chi connectivity index (χ3v) is 3.24. The molecule has 0 saturated carbocycles. The van der Waals surface area contributed by atoms with Gasteiger partial charge in [0.25, 0.3) is 0 Å². The molecular formula is C5H6N2S4. The van der Waals surface area contributed by atoms with E-state index in [4.69, 9.17) is 29.7 Å². The summed E-state index contributed by atoms with van der Waals surface area (Å²) in [4.78, 5) is 1.26. The Morgan fingerprint density at radius 3 is 1.82 bits per heavy atom. The first-order valence-corrected chi connectivity index (χ1v) is 5.79. The lowest BCUT2D eigenvalue weighted by molar-refractivity contribution is 0.926. The minimum Gasteiger partial charge on any atom is -0.215 e. The molecule has 0 radical (unpaired) electrons. The number of thiocarbonyl (C=S) groups is 2. The molecular weight excluding hydrogens is 216 g/mol. The van der Waals surface area contributed by atoms with E-state index in [0.29, 0.717) is 8.64 Å². The third-order valence-electron chi connectivity index (χ3n) is 0.814. The summed E-state index contributed by atoms with van der Waals surface area (Å²) < 4.78 is 0.985. The van der Waals surface area contributed by atoms with Gasteiger partial charge >= 0.3 is 0 Å². The normalized spacial score (nSPS) is 8.45. The molecule has 2 nitrogen and oxygen atoms in total. The maximum absolute atomic E-state index is 8.60. The largest absolute Gasteiger partial charge is 0.215 e. The van der Waals surface area contributed by atoms with Crippen LogP contribution < -0.4 is 0 Å². The molecule has 0 heterocycles. The summed E-state index contributed by atoms with van der Waals surface area (Å²) in [5.41, 5.74) is 0. The van der Waals surface area contributed by atoms with Crippen LogP contribution in [0.2, 0.25) is 0 Å². The Kier molecular flexibility index (Phi) is 5.86. The van der Waals surface area contributed by atoms with E-state index in [2.05, 4.69) is 0 Å². The molecule has 0 aromatic rings. The molecule has 60 valence electrons. The maximum atomic E-state index is 8.60. The van der Waals surface area contributed by atoms with Crippen LogP contribution in [0, 0.1) is 11.5 Å². The first kappa shape index (κ1) is 11.2. The number of hydrogen-bond donors (Lipinski definition) is 0. The van der Waals surface area contributed by atoms with Gasteiger partial charge in [-0.2, -0.15) is 5.26 Å². The highest BCUT2D eigenvalue weighted by Crippen LogP contribution is 2.11. The fourth-order valence-corrected chi connectivity index (χ4v) is 1.46. The highest BCUT2D eigenvalue weighted by Gasteiger charge is 2.11. The topological polar surface area (TPSA) is 27.0 Å². The van der Waals surface area contributed by atoms with Crippen molar-refractivity contribution in [2.75, 3.05) is 12.5 Å². The van der Waals surface area contributed by atoms with Crippen molar-refractivity contribution in [1.29, 1.82) is 5.26 Å². The van der Waals surface area contributed by atoms with E-state index >= 15 is 0 Å². The molecule has 6 heteroatoms. The molecule has 0 amide bonds. The molecule has 0 aliphatic rings. The van der Waals surface area contributed by atoms with E-state index in [1.807, 2.05) is 18.7 Å². The zero-order valence-corrected chi connectivity index (χ0v) is 9.29. The van der Waals surface area contributed by atoms with Crippen molar-refractivity contribution in [3.8, 4) is 6.19 Å². The van der Waals surface area contributed by atoms with Crippen LogP contribution in [0.5, 0.6) is 0 Å². The van der Waals surface area contributed by atoms with Gasteiger partial charge in [-0.25, -0.2) is 4.90 Å². The lowest BCUT2D eigenvalue weighted by atomic mass is 10.9. The van der Waals surface area contributed by atoms with Gasteiger partial charge in [-0.1, -0.05) is 48.0 Å². The molecule has 0 saturated heterocycles. The van der Waals surface area contributed by atoms with Gasteiger partial charge in [-0.15, -0.1) is 0 Å². The van der Waals surface area contributed by atoms with E-state index in [-0.39, 0.29) is 0 Å². The van der Waals surface area contributed by atoms with Crippen LogP contribution in [0.25, 0.3) is 0 Å². The van der Waals surface area contributed by atoms with Crippen molar-refractivity contribution < 1.29 is 0 Å². The first-order valence-electron chi connectivity index (χ1n) is 2.53. The average molecular weight is 222 g/mol. The Labute approximate surface area is 85.3 Å². The lowest BCUT2D eigenvalue weighted by Crippen LogP contribution is -2.24. The Balaban J connectivity index is 4.31. The Hall–Kier alpha value is 0.170. The molecule has 0 aromatic heterocycles. The summed E-state index contributed by atoms with van der Waals surface area (Å²) in [6.45, 7) is 0. The molecule has 11 heavy (non-hydrogen) atoms. The Morgan fingerprint density at radius 1 is 1.27 bits per heavy atom. The lowest BCUT2D eigenvalue weighted by Gasteiger charge is -2.12. The molecule has 0 aliphatic carbocycles. The van der Waals surface area contributed by atoms with Crippen LogP contribution in [0.15, 0.2) is 0 Å². The van der Waals surface area contributed by atoms with E-state index in [9.17, 15) is 0 Å². The second-order valence-corrected chi connectivity index (χ2v) is 4.26. The second kappa shape index (κ2) is 5.77. The van der Waals surface area contributed by atoms with E-state index in [1.165, 1.54) is 28.4 Å². The minimum absolute atomic E-state index is 0.492. The monoisotopic (exact) mass is 222 g/mol. The molecule has 0 N–H and O–H groups in total. The van der Waals surface area contributed by atoms with Crippen molar-refractivity contribution in [1.82, 2.24) is 4.90 Å². The highest BCUT2D eigenvalue weighted by molar-refractivity contribution is 8.25. The first-order chi connectivity index (χ1) is 5.17. The summed E-state index contributed by atoms with van der Waals surface area (Å²) in [6, 6.07) is 0. The summed E-state index contributed by atoms with van der Waals surface area (Å²) in [7, 11) is 0. The van der Waals surface area contributed by atoms with Gasteiger partial charge in [0.15, 0.2) is 14.8 Å². The van der Waals surface area contributed by atoms with Crippen molar-refractivity contribution in [3.05, 3.63) is 0 Å². The van der Waals surface area contributed by atoms with E-state index < -0.39 is 0 Å². The summed E-state index contributed by atoms with van der Waals surface area (Å²) in [5, 5.41) is 8.60. The molecule has 0 atom stereocenters. The zero-order chi connectivity index (χ0) is 8.85. The average Bonchev–Trinajstić information content (AvgIpc) is 2.05. The number of thioether (sulfide) groups is 2. The van der Waals surface area contributed by atoms with Crippen molar-refractivity contribution in [2.45, 2.75) is 0 Å². The van der Waals surface area contributed by atoms with Gasteiger partial charge in [0, 0.05) is 0 Å². The van der Waals surface area contributed by atoms with Crippen molar-refractivity contribution in [3.63, 3.8) is 0 Å². The van der Waals surface area contributed by atoms with Gasteiger partial charge < -0.3 is 0 Å². The SMILES string of the molecule is CSC(=S)N(C#N)C(=S)SC. The van der Waals surface area contributed by atoms with Gasteiger partial charge in [0.05, 0.1) is 0 Å². The van der Waals surface area contributed by atoms with Crippen LogP contribution in [0.1, 0.15) is 0 Å². The second-order valence-electron chi connectivity index (χ2n) is 1.38. The molecule has 0 aliphatic heterocycles. The van der Waals surface area contributed by atoms with Crippen LogP contribution in [0.4, 0.5) is 0 Å².